The summed E-state index contributed by atoms with van der Waals surface area (Å²) in [6.45, 7) is 2.03. The summed E-state index contributed by atoms with van der Waals surface area (Å²) in [6.07, 6.45) is 7.27. The van der Waals surface area contributed by atoms with E-state index in [0.717, 1.165) is 12.8 Å². The Labute approximate surface area is 99.3 Å². The Morgan fingerprint density at radius 2 is 2.56 bits per heavy atom. The fraction of sp³-hybridized carbons (Fsp3) is 0.455. The molecule has 4 nitrogen and oxygen atoms in total. The summed E-state index contributed by atoms with van der Waals surface area (Å²) < 4.78 is 0. The number of nitrogens with zero attached hydrogens (tertiary/aromatic N) is 1. The van der Waals surface area contributed by atoms with E-state index >= 15 is 0 Å². The highest BCUT2D eigenvalue weighted by Gasteiger charge is 2.10. The lowest BCUT2D eigenvalue weighted by atomic mass is 10.1. The highest BCUT2D eigenvalue weighted by Crippen LogP contribution is 2.11. The smallest absolute Gasteiger partial charge is 0.227 e. The maximum atomic E-state index is 11.6. The molecule has 1 atom stereocenters. The summed E-state index contributed by atoms with van der Waals surface area (Å²) in [6, 6.07) is -0.187. The van der Waals surface area contributed by atoms with Crippen LogP contribution in [0.3, 0.4) is 0 Å². The number of carbonyl (C=O) groups excluding carboxylic acids is 1. The number of nitrogens with two attached hydrogens (primary N) is 1. The average Bonchev–Trinajstić information content (AvgIpc) is 2.63. The first-order chi connectivity index (χ1) is 7.65. The Balaban J connectivity index is 2.44. The molecule has 1 heterocycles. The lowest BCUT2D eigenvalue weighted by Gasteiger charge is -2.10. The van der Waals surface area contributed by atoms with E-state index in [4.69, 9.17) is 12.2 Å². The Hall–Kier alpha value is -1.54. The van der Waals surface area contributed by atoms with Crippen molar-refractivity contribution in [2.24, 2.45) is 0 Å². The van der Waals surface area contributed by atoms with Gasteiger partial charge < -0.3 is 11.1 Å². The van der Waals surface area contributed by atoms with Gasteiger partial charge in [0.05, 0.1) is 18.2 Å². The predicted molar refractivity (Wildman–Crippen MR) is 65.9 cm³/mol. The van der Waals surface area contributed by atoms with Crippen molar-refractivity contribution in [3.8, 4) is 12.3 Å². The predicted octanol–water partition coefficient (Wildman–Crippen LogP) is 1.19. The number of terminal acetylenes is 1. The number of nitrogens with one attached hydrogen (secondary N) is 1. The molecule has 0 aliphatic carbocycles. The zero-order valence-corrected chi connectivity index (χ0v) is 10.0. The first-order valence-corrected chi connectivity index (χ1v) is 5.99. The molecule has 0 saturated heterocycles. The molecule has 0 bridgehead atoms. The third-order valence-corrected chi connectivity index (χ3v) is 2.75. The van der Waals surface area contributed by atoms with E-state index in [1.165, 1.54) is 11.3 Å². The number of hydrogen-bond donors (Lipinski definition) is 2. The lowest BCUT2D eigenvalue weighted by Crippen LogP contribution is -2.34. The van der Waals surface area contributed by atoms with Crippen LogP contribution in [0.4, 0.5) is 5.13 Å². The summed E-state index contributed by atoms with van der Waals surface area (Å²) in [4.78, 5) is 15.6. The number of thiazole rings is 1. The largest absolute Gasteiger partial charge is 0.375 e. The highest BCUT2D eigenvalue weighted by atomic mass is 32.1. The number of carbonyl (C=O) groups is 1. The molecule has 3 N–H and O–H groups in total. The van der Waals surface area contributed by atoms with Crippen LogP contribution in [-0.2, 0) is 11.2 Å². The van der Waals surface area contributed by atoms with Crippen molar-refractivity contribution in [1.82, 2.24) is 10.3 Å². The van der Waals surface area contributed by atoms with E-state index < -0.39 is 0 Å². The van der Waals surface area contributed by atoms with Crippen LogP contribution in [0.25, 0.3) is 0 Å². The van der Waals surface area contributed by atoms with Gasteiger partial charge in [0.2, 0.25) is 5.91 Å². The molecule has 1 unspecified atom stereocenters. The van der Waals surface area contributed by atoms with Crippen molar-refractivity contribution in [1.29, 1.82) is 0 Å². The second kappa shape index (κ2) is 6.13. The Morgan fingerprint density at radius 1 is 1.81 bits per heavy atom. The molecule has 0 radical (unpaired) electrons. The third kappa shape index (κ3) is 3.91. The number of hydrogen-bond acceptors (Lipinski definition) is 4. The molecule has 16 heavy (non-hydrogen) atoms. The van der Waals surface area contributed by atoms with Crippen LogP contribution in [0, 0.1) is 12.3 Å². The first kappa shape index (κ1) is 12.5. The van der Waals surface area contributed by atoms with E-state index in [2.05, 4.69) is 16.2 Å². The molecule has 0 aliphatic heterocycles. The fourth-order valence-electron chi connectivity index (χ4n) is 1.30. The van der Waals surface area contributed by atoms with Crippen molar-refractivity contribution in [3.05, 3.63) is 11.1 Å². The average molecular weight is 237 g/mol. The second-order valence-corrected chi connectivity index (χ2v) is 4.32. The molecule has 0 fully saturated rings. The van der Waals surface area contributed by atoms with Gasteiger partial charge in [0.15, 0.2) is 5.13 Å². The SMILES string of the molecule is C#CC(CCC)NC(=O)Cc1csc(N)n1. The van der Waals surface area contributed by atoms with Gasteiger partial charge >= 0.3 is 0 Å². The van der Waals surface area contributed by atoms with Crippen molar-refractivity contribution in [2.45, 2.75) is 32.2 Å². The molecule has 0 aliphatic rings. The normalized spacial score (nSPS) is 11.8. The Bertz CT molecular complexity index is 394. The molecular weight excluding hydrogens is 222 g/mol. The Kier molecular flexibility index (Phi) is 4.80. The highest BCUT2D eigenvalue weighted by molar-refractivity contribution is 7.13. The maximum absolute atomic E-state index is 11.6. The van der Waals surface area contributed by atoms with Crippen LogP contribution in [-0.4, -0.2) is 16.9 Å². The van der Waals surface area contributed by atoms with Gasteiger partial charge in [0, 0.05) is 5.38 Å². The quantitative estimate of drug-likeness (QED) is 0.756. The van der Waals surface area contributed by atoms with E-state index in [0.29, 0.717) is 10.8 Å². The minimum absolute atomic E-state index is 0.110. The minimum atomic E-state index is -0.187. The molecule has 5 heteroatoms. The van der Waals surface area contributed by atoms with Gasteiger partial charge in [-0.3, -0.25) is 4.79 Å². The number of amides is 1. The van der Waals surface area contributed by atoms with Crippen molar-refractivity contribution < 1.29 is 4.79 Å². The van der Waals surface area contributed by atoms with E-state index in [1.54, 1.807) is 5.38 Å². The van der Waals surface area contributed by atoms with Crippen LogP contribution in [0.1, 0.15) is 25.5 Å². The van der Waals surface area contributed by atoms with Crippen LogP contribution in [0.5, 0.6) is 0 Å². The number of anilines is 1. The van der Waals surface area contributed by atoms with Gasteiger partial charge in [0.1, 0.15) is 0 Å². The summed E-state index contributed by atoms with van der Waals surface area (Å²) in [5.74, 6) is 2.44. The van der Waals surface area contributed by atoms with Gasteiger partial charge in [-0.2, -0.15) is 0 Å². The van der Waals surface area contributed by atoms with Gasteiger partial charge in [-0.25, -0.2) is 4.98 Å². The van der Waals surface area contributed by atoms with Gasteiger partial charge in [-0.05, 0) is 6.42 Å². The van der Waals surface area contributed by atoms with Crippen molar-refractivity contribution >= 4 is 22.4 Å². The summed E-state index contributed by atoms with van der Waals surface area (Å²) in [7, 11) is 0. The van der Waals surface area contributed by atoms with Gasteiger partial charge in [-0.15, -0.1) is 17.8 Å². The van der Waals surface area contributed by atoms with E-state index in [1.807, 2.05) is 6.92 Å². The summed E-state index contributed by atoms with van der Waals surface area (Å²) >= 11 is 1.33. The zero-order chi connectivity index (χ0) is 12.0. The van der Waals surface area contributed by atoms with E-state index in [9.17, 15) is 4.79 Å². The van der Waals surface area contributed by atoms with Crippen molar-refractivity contribution in [2.75, 3.05) is 5.73 Å². The van der Waals surface area contributed by atoms with Gasteiger partial charge in [0.25, 0.3) is 0 Å². The van der Waals surface area contributed by atoms with Crippen molar-refractivity contribution in [3.63, 3.8) is 0 Å². The molecule has 0 saturated carbocycles. The molecule has 1 aromatic heterocycles. The molecule has 1 rings (SSSR count). The molecule has 0 aromatic carbocycles. The van der Waals surface area contributed by atoms with Crippen LogP contribution >= 0.6 is 11.3 Å². The number of aromatic nitrogens is 1. The molecule has 1 amide bonds. The summed E-state index contributed by atoms with van der Waals surface area (Å²) in [5, 5.41) is 5.03. The standard InChI is InChI=1S/C11H15N3OS/c1-3-5-8(4-2)13-10(15)6-9-7-16-11(12)14-9/h2,7-8H,3,5-6H2,1H3,(H2,12,14)(H,13,15). The topological polar surface area (TPSA) is 68.0 Å². The number of rotatable bonds is 5. The van der Waals surface area contributed by atoms with Crippen LogP contribution in [0.2, 0.25) is 0 Å². The molecular formula is C11H15N3OS. The van der Waals surface area contributed by atoms with Crippen LogP contribution in [0.15, 0.2) is 5.38 Å². The van der Waals surface area contributed by atoms with E-state index in [-0.39, 0.29) is 18.4 Å². The second-order valence-electron chi connectivity index (χ2n) is 3.43. The third-order valence-electron chi connectivity index (χ3n) is 2.02. The Morgan fingerprint density at radius 3 is 3.06 bits per heavy atom. The number of nitrogen functional groups attached to an aromatic ring is 1. The zero-order valence-electron chi connectivity index (χ0n) is 9.19. The van der Waals surface area contributed by atoms with Crippen LogP contribution < -0.4 is 11.1 Å². The monoisotopic (exact) mass is 237 g/mol. The maximum Gasteiger partial charge on any atom is 0.227 e. The molecule has 86 valence electrons. The molecule has 1 aromatic rings. The fourth-order valence-corrected chi connectivity index (χ4v) is 1.86. The van der Waals surface area contributed by atoms with Gasteiger partial charge in [-0.1, -0.05) is 19.3 Å². The lowest BCUT2D eigenvalue weighted by molar-refractivity contribution is -0.120. The first-order valence-electron chi connectivity index (χ1n) is 5.11. The summed E-state index contributed by atoms with van der Waals surface area (Å²) in [5.41, 5.74) is 6.16. The molecule has 0 spiro atoms. The minimum Gasteiger partial charge on any atom is -0.375 e.